The molecule has 0 radical (unpaired) electrons. The SMILES string of the molecule is CCCCCCCCOc1ccc(C(=O)N2CCNCC2)cc1. The van der Waals surface area contributed by atoms with Gasteiger partial charge in [-0.3, -0.25) is 4.79 Å². The molecule has 1 aliphatic heterocycles. The van der Waals surface area contributed by atoms with E-state index in [1.54, 1.807) is 0 Å². The molecule has 0 unspecified atom stereocenters. The maximum atomic E-state index is 12.4. The first-order valence-electron chi connectivity index (χ1n) is 9.04. The minimum Gasteiger partial charge on any atom is -0.494 e. The highest BCUT2D eigenvalue weighted by atomic mass is 16.5. The molecule has 23 heavy (non-hydrogen) atoms. The van der Waals surface area contributed by atoms with Crippen LogP contribution in [0.4, 0.5) is 0 Å². The van der Waals surface area contributed by atoms with E-state index < -0.39 is 0 Å². The molecule has 0 spiro atoms. The number of hydrogen-bond donors (Lipinski definition) is 1. The zero-order chi connectivity index (χ0) is 16.3. The minimum atomic E-state index is 0.119. The molecule has 0 atom stereocenters. The molecule has 4 nitrogen and oxygen atoms in total. The number of amides is 1. The Bertz CT molecular complexity index is 453. The van der Waals surface area contributed by atoms with Gasteiger partial charge in [-0.15, -0.1) is 0 Å². The predicted octanol–water partition coefficient (Wildman–Crippen LogP) is 3.47. The summed E-state index contributed by atoms with van der Waals surface area (Å²) in [5.74, 6) is 0.976. The van der Waals surface area contributed by atoms with Crippen LogP contribution in [0.25, 0.3) is 0 Å². The Labute approximate surface area is 140 Å². The fraction of sp³-hybridized carbons (Fsp3) is 0.632. The molecule has 0 saturated carbocycles. The van der Waals surface area contributed by atoms with E-state index in [1.165, 1.54) is 32.1 Å². The summed E-state index contributed by atoms with van der Waals surface area (Å²) < 4.78 is 5.76. The average molecular weight is 318 g/mol. The molecule has 4 heteroatoms. The van der Waals surface area contributed by atoms with Crippen molar-refractivity contribution in [3.05, 3.63) is 29.8 Å². The average Bonchev–Trinajstić information content (AvgIpc) is 2.61. The highest BCUT2D eigenvalue weighted by Gasteiger charge is 2.17. The third-order valence-corrected chi connectivity index (χ3v) is 4.27. The van der Waals surface area contributed by atoms with E-state index in [1.807, 2.05) is 29.2 Å². The Morgan fingerprint density at radius 3 is 2.39 bits per heavy atom. The number of benzene rings is 1. The van der Waals surface area contributed by atoms with Crippen molar-refractivity contribution in [2.24, 2.45) is 0 Å². The van der Waals surface area contributed by atoms with Crippen LogP contribution in [0.3, 0.4) is 0 Å². The van der Waals surface area contributed by atoms with Crippen LogP contribution in [0.15, 0.2) is 24.3 Å². The zero-order valence-electron chi connectivity index (χ0n) is 14.4. The summed E-state index contributed by atoms with van der Waals surface area (Å²) in [5, 5.41) is 3.26. The van der Waals surface area contributed by atoms with Crippen molar-refractivity contribution in [3.63, 3.8) is 0 Å². The van der Waals surface area contributed by atoms with E-state index in [-0.39, 0.29) is 5.91 Å². The zero-order valence-corrected chi connectivity index (χ0v) is 14.4. The summed E-state index contributed by atoms with van der Waals surface area (Å²) in [7, 11) is 0. The summed E-state index contributed by atoms with van der Waals surface area (Å²) in [6.07, 6.45) is 7.60. The summed E-state index contributed by atoms with van der Waals surface area (Å²) in [4.78, 5) is 14.3. The maximum absolute atomic E-state index is 12.4. The van der Waals surface area contributed by atoms with Gasteiger partial charge < -0.3 is 15.0 Å². The molecular weight excluding hydrogens is 288 g/mol. The van der Waals surface area contributed by atoms with Crippen LogP contribution in [0.2, 0.25) is 0 Å². The monoisotopic (exact) mass is 318 g/mol. The number of rotatable bonds is 9. The van der Waals surface area contributed by atoms with Crippen molar-refractivity contribution in [3.8, 4) is 5.75 Å². The third kappa shape index (κ3) is 6.22. The molecule has 1 aromatic carbocycles. The fourth-order valence-electron chi connectivity index (χ4n) is 2.82. The number of hydrogen-bond acceptors (Lipinski definition) is 3. The van der Waals surface area contributed by atoms with Crippen molar-refractivity contribution < 1.29 is 9.53 Å². The first-order chi connectivity index (χ1) is 11.3. The molecule has 1 aromatic rings. The summed E-state index contributed by atoms with van der Waals surface area (Å²) in [6.45, 7) is 6.33. The van der Waals surface area contributed by atoms with Crippen molar-refractivity contribution in [2.45, 2.75) is 45.4 Å². The number of unbranched alkanes of at least 4 members (excludes halogenated alkanes) is 5. The van der Waals surface area contributed by atoms with E-state index in [2.05, 4.69) is 12.2 Å². The van der Waals surface area contributed by atoms with Crippen LogP contribution in [-0.2, 0) is 0 Å². The molecule has 0 bridgehead atoms. The summed E-state index contributed by atoms with van der Waals surface area (Å²) >= 11 is 0. The highest BCUT2D eigenvalue weighted by Crippen LogP contribution is 2.15. The topological polar surface area (TPSA) is 41.6 Å². The number of ether oxygens (including phenoxy) is 1. The van der Waals surface area contributed by atoms with Gasteiger partial charge in [0.2, 0.25) is 0 Å². The van der Waals surface area contributed by atoms with E-state index in [4.69, 9.17) is 4.74 Å². The van der Waals surface area contributed by atoms with Crippen LogP contribution in [-0.4, -0.2) is 43.6 Å². The fourth-order valence-corrected chi connectivity index (χ4v) is 2.82. The number of piperazine rings is 1. The van der Waals surface area contributed by atoms with Gasteiger partial charge in [-0.05, 0) is 30.7 Å². The molecule has 1 N–H and O–H groups in total. The van der Waals surface area contributed by atoms with Gasteiger partial charge in [0.1, 0.15) is 5.75 Å². The standard InChI is InChI=1S/C19H30N2O2/c1-2-3-4-5-6-7-16-23-18-10-8-17(9-11-18)19(22)21-14-12-20-13-15-21/h8-11,20H,2-7,12-16H2,1H3. The lowest BCUT2D eigenvalue weighted by molar-refractivity contribution is 0.0736. The van der Waals surface area contributed by atoms with Gasteiger partial charge in [0.05, 0.1) is 6.61 Å². The number of carbonyl (C=O) groups is 1. The second kappa shape index (κ2) is 10.3. The molecular formula is C19H30N2O2. The van der Waals surface area contributed by atoms with Crippen LogP contribution < -0.4 is 10.1 Å². The van der Waals surface area contributed by atoms with Gasteiger partial charge >= 0.3 is 0 Å². The quantitative estimate of drug-likeness (QED) is 0.709. The van der Waals surface area contributed by atoms with Gasteiger partial charge in [-0.25, -0.2) is 0 Å². The maximum Gasteiger partial charge on any atom is 0.253 e. The second-order valence-electron chi connectivity index (χ2n) is 6.18. The van der Waals surface area contributed by atoms with Gasteiger partial charge in [0, 0.05) is 31.7 Å². The van der Waals surface area contributed by atoms with Crippen LogP contribution >= 0.6 is 0 Å². The highest BCUT2D eigenvalue weighted by molar-refractivity contribution is 5.94. The van der Waals surface area contributed by atoms with E-state index in [9.17, 15) is 4.79 Å². The lowest BCUT2D eigenvalue weighted by Crippen LogP contribution is -2.46. The van der Waals surface area contributed by atoms with E-state index in [0.717, 1.165) is 50.5 Å². The minimum absolute atomic E-state index is 0.119. The number of nitrogens with zero attached hydrogens (tertiary/aromatic N) is 1. The van der Waals surface area contributed by atoms with Gasteiger partial charge in [-0.2, -0.15) is 0 Å². The Morgan fingerprint density at radius 2 is 1.70 bits per heavy atom. The molecule has 0 aromatic heterocycles. The van der Waals surface area contributed by atoms with Gasteiger partial charge in [-0.1, -0.05) is 39.0 Å². The second-order valence-corrected chi connectivity index (χ2v) is 6.18. The molecule has 2 rings (SSSR count). The Hall–Kier alpha value is -1.55. The first-order valence-corrected chi connectivity index (χ1v) is 9.04. The lowest BCUT2D eigenvalue weighted by atomic mass is 10.1. The number of nitrogens with one attached hydrogen (secondary N) is 1. The van der Waals surface area contributed by atoms with Crippen molar-refractivity contribution in [1.82, 2.24) is 10.2 Å². The van der Waals surface area contributed by atoms with Gasteiger partial charge in [0.15, 0.2) is 0 Å². The predicted molar refractivity (Wildman–Crippen MR) is 94.1 cm³/mol. The third-order valence-electron chi connectivity index (χ3n) is 4.27. The smallest absolute Gasteiger partial charge is 0.253 e. The molecule has 1 saturated heterocycles. The first kappa shape index (κ1) is 17.8. The summed E-state index contributed by atoms with van der Waals surface area (Å²) in [6, 6.07) is 7.57. The largest absolute Gasteiger partial charge is 0.494 e. The molecule has 1 amide bonds. The van der Waals surface area contributed by atoms with Crippen LogP contribution in [0.1, 0.15) is 55.8 Å². The Balaban J connectivity index is 1.68. The normalized spacial score (nSPS) is 14.7. The lowest BCUT2D eigenvalue weighted by Gasteiger charge is -2.27. The van der Waals surface area contributed by atoms with Crippen LogP contribution in [0, 0.1) is 0 Å². The van der Waals surface area contributed by atoms with Crippen molar-refractivity contribution in [2.75, 3.05) is 32.8 Å². The molecule has 128 valence electrons. The van der Waals surface area contributed by atoms with Gasteiger partial charge in [0.25, 0.3) is 5.91 Å². The number of carbonyl (C=O) groups excluding carboxylic acids is 1. The van der Waals surface area contributed by atoms with Crippen LogP contribution in [0.5, 0.6) is 5.75 Å². The van der Waals surface area contributed by atoms with Crippen molar-refractivity contribution in [1.29, 1.82) is 0 Å². The molecule has 1 fully saturated rings. The molecule has 1 aliphatic rings. The van der Waals surface area contributed by atoms with Crippen molar-refractivity contribution >= 4 is 5.91 Å². The Morgan fingerprint density at radius 1 is 1.04 bits per heavy atom. The Kier molecular flexibility index (Phi) is 7.95. The van der Waals surface area contributed by atoms with E-state index in [0.29, 0.717) is 0 Å². The van der Waals surface area contributed by atoms with E-state index >= 15 is 0 Å². The summed E-state index contributed by atoms with van der Waals surface area (Å²) in [5.41, 5.74) is 0.749. The molecule has 1 heterocycles. The molecule has 0 aliphatic carbocycles.